The Kier molecular flexibility index (Phi) is 4.73. The number of para-hydroxylation sites is 1. The van der Waals surface area contributed by atoms with Gasteiger partial charge in [-0.3, -0.25) is 0 Å². The molecule has 3 heterocycles. The molecule has 0 radical (unpaired) electrons. The Morgan fingerprint density at radius 3 is 2.73 bits per heavy atom. The first kappa shape index (κ1) is 17.9. The van der Waals surface area contributed by atoms with Crippen LogP contribution in [0.15, 0.2) is 24.3 Å². The standard InChI is InChI=1S/C22H29NO3/c1-21(2)18-9-11-22(3,10-6-12-23-13-15-24-16-14-23)26-20(18)17-7-4-5-8-19(17)25-21/h4-5,7-8,18,20H,9,11-16H2,1-3H3/p+1/t18-,20+,22+/m0/s1. The van der Waals surface area contributed by atoms with Crippen molar-refractivity contribution >= 4 is 0 Å². The second-order valence-corrected chi connectivity index (χ2v) is 8.50. The zero-order valence-corrected chi connectivity index (χ0v) is 16.1. The Hall–Kier alpha value is -1.54. The Bertz CT molecular complexity index is 714. The van der Waals surface area contributed by atoms with Crippen LogP contribution >= 0.6 is 0 Å². The fraction of sp³-hybridized carbons (Fsp3) is 0.636. The third kappa shape index (κ3) is 3.49. The zero-order valence-electron chi connectivity index (χ0n) is 16.1. The number of rotatable bonds is 1. The molecule has 4 heteroatoms. The maximum absolute atomic E-state index is 6.64. The molecular formula is C22H30NO3+. The summed E-state index contributed by atoms with van der Waals surface area (Å²) < 4.78 is 18.4. The van der Waals surface area contributed by atoms with E-state index in [1.54, 1.807) is 0 Å². The van der Waals surface area contributed by atoms with E-state index in [0.717, 1.165) is 51.4 Å². The van der Waals surface area contributed by atoms with Crippen LogP contribution in [0.5, 0.6) is 5.75 Å². The van der Waals surface area contributed by atoms with Gasteiger partial charge in [0, 0.05) is 11.5 Å². The van der Waals surface area contributed by atoms with E-state index >= 15 is 0 Å². The third-order valence-electron chi connectivity index (χ3n) is 6.07. The van der Waals surface area contributed by atoms with Crippen molar-refractivity contribution in [3.05, 3.63) is 29.8 Å². The first-order valence-corrected chi connectivity index (χ1v) is 9.84. The van der Waals surface area contributed by atoms with Crippen molar-refractivity contribution in [1.29, 1.82) is 0 Å². The SMILES string of the molecule is CC1(C)Oc2ccccc2[C@H]2O[C@](C)(C#CC[NH+]3CCOCC3)CC[C@@H]21. The molecule has 1 aromatic carbocycles. The molecular weight excluding hydrogens is 326 g/mol. The maximum Gasteiger partial charge on any atom is 0.139 e. The van der Waals surface area contributed by atoms with E-state index < -0.39 is 0 Å². The van der Waals surface area contributed by atoms with Crippen molar-refractivity contribution in [3.63, 3.8) is 0 Å². The van der Waals surface area contributed by atoms with Crippen molar-refractivity contribution in [3.8, 4) is 17.6 Å². The molecule has 0 aliphatic carbocycles. The van der Waals surface area contributed by atoms with Gasteiger partial charge in [-0.1, -0.05) is 24.1 Å². The molecule has 0 bridgehead atoms. The quantitative estimate of drug-likeness (QED) is 0.781. The predicted octanol–water partition coefficient (Wildman–Crippen LogP) is 2.00. The minimum absolute atomic E-state index is 0.0544. The van der Waals surface area contributed by atoms with Crippen LogP contribution in [0.3, 0.4) is 0 Å². The molecule has 3 atom stereocenters. The van der Waals surface area contributed by atoms with Crippen LogP contribution in [0.2, 0.25) is 0 Å². The lowest BCUT2D eigenvalue weighted by Gasteiger charge is -2.50. The van der Waals surface area contributed by atoms with Gasteiger partial charge in [-0.15, -0.1) is 0 Å². The normalized spacial score (nSPS) is 33.2. The molecule has 140 valence electrons. The van der Waals surface area contributed by atoms with Gasteiger partial charge >= 0.3 is 0 Å². The van der Waals surface area contributed by atoms with Gasteiger partial charge in [0.1, 0.15) is 36.6 Å². The molecule has 1 aromatic rings. The van der Waals surface area contributed by atoms with Crippen LogP contribution in [0.4, 0.5) is 0 Å². The lowest BCUT2D eigenvalue weighted by atomic mass is 9.73. The molecule has 0 unspecified atom stereocenters. The fourth-order valence-electron chi connectivity index (χ4n) is 4.45. The molecule has 3 aliphatic heterocycles. The molecule has 2 saturated heterocycles. The van der Waals surface area contributed by atoms with E-state index in [2.05, 4.69) is 50.8 Å². The first-order chi connectivity index (χ1) is 12.5. The van der Waals surface area contributed by atoms with E-state index in [9.17, 15) is 0 Å². The van der Waals surface area contributed by atoms with E-state index in [4.69, 9.17) is 14.2 Å². The van der Waals surface area contributed by atoms with Crippen LogP contribution in [-0.2, 0) is 9.47 Å². The highest BCUT2D eigenvalue weighted by molar-refractivity contribution is 5.39. The van der Waals surface area contributed by atoms with Crippen molar-refractivity contribution < 1.29 is 19.1 Å². The molecule has 4 rings (SSSR count). The second kappa shape index (κ2) is 6.88. The highest BCUT2D eigenvalue weighted by Gasteiger charge is 2.49. The fourth-order valence-corrected chi connectivity index (χ4v) is 4.45. The van der Waals surface area contributed by atoms with Crippen molar-refractivity contribution in [1.82, 2.24) is 0 Å². The largest absolute Gasteiger partial charge is 0.487 e. The molecule has 0 aromatic heterocycles. The number of nitrogens with one attached hydrogen (secondary N) is 1. The lowest BCUT2D eigenvalue weighted by molar-refractivity contribution is -0.900. The summed E-state index contributed by atoms with van der Waals surface area (Å²) in [4.78, 5) is 1.51. The van der Waals surface area contributed by atoms with E-state index in [1.165, 1.54) is 10.5 Å². The summed E-state index contributed by atoms with van der Waals surface area (Å²) in [6, 6.07) is 8.29. The molecule has 0 spiro atoms. The number of hydrogen-bond donors (Lipinski definition) is 1. The summed E-state index contributed by atoms with van der Waals surface area (Å²) in [5, 5.41) is 0. The maximum atomic E-state index is 6.64. The van der Waals surface area contributed by atoms with Crippen molar-refractivity contribution in [2.45, 2.75) is 50.9 Å². The number of quaternary nitrogens is 1. The minimum Gasteiger partial charge on any atom is -0.487 e. The molecule has 2 fully saturated rings. The van der Waals surface area contributed by atoms with Gasteiger partial charge in [-0.2, -0.15) is 0 Å². The van der Waals surface area contributed by atoms with Crippen molar-refractivity contribution in [2.75, 3.05) is 32.8 Å². The monoisotopic (exact) mass is 356 g/mol. The predicted molar refractivity (Wildman–Crippen MR) is 100 cm³/mol. The van der Waals surface area contributed by atoms with Gasteiger partial charge in [0.25, 0.3) is 0 Å². The highest BCUT2D eigenvalue weighted by atomic mass is 16.5. The molecule has 1 N–H and O–H groups in total. The van der Waals surface area contributed by atoms with E-state index in [-0.39, 0.29) is 17.3 Å². The first-order valence-electron chi connectivity index (χ1n) is 9.84. The van der Waals surface area contributed by atoms with Crippen LogP contribution in [-0.4, -0.2) is 44.1 Å². The van der Waals surface area contributed by atoms with Gasteiger partial charge in [0.05, 0.1) is 19.3 Å². The van der Waals surface area contributed by atoms with E-state index in [0.29, 0.717) is 5.92 Å². The smallest absolute Gasteiger partial charge is 0.139 e. The highest BCUT2D eigenvalue weighted by Crippen LogP contribution is 2.52. The average molecular weight is 356 g/mol. The summed E-state index contributed by atoms with van der Waals surface area (Å²) >= 11 is 0. The summed E-state index contributed by atoms with van der Waals surface area (Å²) in [6.07, 6.45) is 2.08. The van der Waals surface area contributed by atoms with Crippen LogP contribution in [0.1, 0.15) is 45.3 Å². The minimum atomic E-state index is -0.382. The van der Waals surface area contributed by atoms with Crippen LogP contribution < -0.4 is 9.64 Å². The van der Waals surface area contributed by atoms with Gasteiger partial charge < -0.3 is 19.1 Å². The Morgan fingerprint density at radius 2 is 1.92 bits per heavy atom. The van der Waals surface area contributed by atoms with Crippen LogP contribution in [0.25, 0.3) is 0 Å². The summed E-state index contributed by atoms with van der Waals surface area (Å²) in [7, 11) is 0. The average Bonchev–Trinajstić information content (AvgIpc) is 2.62. The lowest BCUT2D eigenvalue weighted by Crippen LogP contribution is -3.14. The summed E-state index contributed by atoms with van der Waals surface area (Å²) in [5.41, 5.74) is 0.572. The molecule has 4 nitrogen and oxygen atoms in total. The summed E-state index contributed by atoms with van der Waals surface area (Å²) in [6.45, 7) is 11.2. The second-order valence-electron chi connectivity index (χ2n) is 8.50. The van der Waals surface area contributed by atoms with Gasteiger partial charge in [0.15, 0.2) is 0 Å². The van der Waals surface area contributed by atoms with Gasteiger partial charge in [-0.25, -0.2) is 0 Å². The number of morpholine rings is 1. The number of fused-ring (bicyclic) bond motifs is 3. The third-order valence-corrected chi connectivity index (χ3v) is 6.07. The number of ether oxygens (including phenoxy) is 3. The number of hydrogen-bond acceptors (Lipinski definition) is 3. The van der Waals surface area contributed by atoms with Crippen molar-refractivity contribution in [2.24, 2.45) is 5.92 Å². The van der Waals surface area contributed by atoms with Gasteiger partial charge in [-0.05, 0) is 45.6 Å². The van der Waals surface area contributed by atoms with E-state index in [1.807, 2.05) is 6.07 Å². The van der Waals surface area contributed by atoms with Crippen LogP contribution in [0, 0.1) is 17.8 Å². The Balaban J connectivity index is 1.52. The van der Waals surface area contributed by atoms with Gasteiger partial charge in [0.2, 0.25) is 0 Å². The Labute approximate surface area is 156 Å². The number of benzene rings is 1. The molecule has 3 aliphatic rings. The Morgan fingerprint density at radius 1 is 1.15 bits per heavy atom. The summed E-state index contributed by atoms with van der Waals surface area (Å²) in [5.74, 6) is 8.18. The molecule has 0 amide bonds. The molecule has 0 saturated carbocycles. The topological polar surface area (TPSA) is 32.1 Å². The zero-order chi connectivity index (χ0) is 18.2. The molecule has 26 heavy (non-hydrogen) atoms.